The largest absolute Gasteiger partial charge is 0.303 e. The highest BCUT2D eigenvalue weighted by Crippen LogP contribution is 2.34. The van der Waals surface area contributed by atoms with Crippen molar-refractivity contribution in [2.24, 2.45) is 5.92 Å². The van der Waals surface area contributed by atoms with E-state index >= 15 is 0 Å². The van der Waals surface area contributed by atoms with Crippen LogP contribution in [-0.2, 0) is 0 Å². The second-order valence-corrected chi connectivity index (χ2v) is 6.16. The molecule has 0 spiro atoms. The van der Waals surface area contributed by atoms with Gasteiger partial charge in [0.15, 0.2) is 0 Å². The number of hydrogen-bond donors (Lipinski definition) is 0. The van der Waals surface area contributed by atoms with Crippen molar-refractivity contribution in [1.82, 2.24) is 4.90 Å². The molecule has 110 valence electrons. The number of likely N-dealkylation sites (tertiary alicyclic amines) is 1. The molecule has 1 aliphatic heterocycles. The van der Waals surface area contributed by atoms with Crippen LogP contribution in [0, 0.1) is 5.92 Å². The number of benzene rings is 2. The van der Waals surface area contributed by atoms with Crippen LogP contribution in [0.3, 0.4) is 0 Å². The Morgan fingerprint density at radius 3 is 2.00 bits per heavy atom. The zero-order valence-corrected chi connectivity index (χ0v) is 12.9. The van der Waals surface area contributed by atoms with Crippen molar-refractivity contribution >= 4 is 0 Å². The molecule has 0 aliphatic carbocycles. The average molecular weight is 279 g/mol. The molecule has 1 nitrogen and oxygen atoms in total. The molecule has 21 heavy (non-hydrogen) atoms. The fourth-order valence-electron chi connectivity index (χ4n) is 3.56. The quantitative estimate of drug-likeness (QED) is 0.776. The van der Waals surface area contributed by atoms with Crippen molar-refractivity contribution in [3.8, 4) is 0 Å². The van der Waals surface area contributed by atoms with E-state index in [-0.39, 0.29) is 0 Å². The summed E-state index contributed by atoms with van der Waals surface area (Å²) in [6.45, 7) is 6.01. The Labute approximate surface area is 128 Å². The molecule has 0 amide bonds. The lowest BCUT2D eigenvalue weighted by Crippen LogP contribution is -2.20. The Morgan fingerprint density at radius 2 is 1.52 bits per heavy atom. The zero-order chi connectivity index (χ0) is 14.5. The molecule has 3 rings (SSSR count). The Morgan fingerprint density at radius 1 is 0.952 bits per heavy atom. The van der Waals surface area contributed by atoms with Crippen molar-refractivity contribution in [3.63, 3.8) is 0 Å². The van der Waals surface area contributed by atoms with E-state index in [1.54, 1.807) is 0 Å². The third kappa shape index (κ3) is 3.54. The van der Waals surface area contributed by atoms with Gasteiger partial charge in [0, 0.05) is 12.5 Å². The summed E-state index contributed by atoms with van der Waals surface area (Å²) < 4.78 is 0. The van der Waals surface area contributed by atoms with Crippen LogP contribution in [-0.4, -0.2) is 24.5 Å². The monoisotopic (exact) mass is 279 g/mol. The molecule has 2 aromatic carbocycles. The summed E-state index contributed by atoms with van der Waals surface area (Å²) in [6.07, 6.45) is 2.62. The van der Waals surface area contributed by atoms with Crippen molar-refractivity contribution in [2.45, 2.75) is 25.7 Å². The molecule has 1 heterocycles. The minimum atomic E-state index is 0.536. The van der Waals surface area contributed by atoms with Crippen LogP contribution >= 0.6 is 0 Å². The van der Waals surface area contributed by atoms with E-state index in [1.807, 2.05) is 0 Å². The minimum Gasteiger partial charge on any atom is -0.303 e. The maximum absolute atomic E-state index is 2.58. The summed E-state index contributed by atoms with van der Waals surface area (Å²) in [6, 6.07) is 22.0. The van der Waals surface area contributed by atoms with Gasteiger partial charge >= 0.3 is 0 Å². The van der Waals surface area contributed by atoms with Crippen LogP contribution < -0.4 is 0 Å². The van der Waals surface area contributed by atoms with Gasteiger partial charge in [-0.15, -0.1) is 0 Å². The van der Waals surface area contributed by atoms with Crippen molar-refractivity contribution in [2.75, 3.05) is 19.6 Å². The SMILES string of the molecule is CCN1CCC(CC(c2ccccc2)c2ccccc2)C1. The molecule has 1 aliphatic rings. The van der Waals surface area contributed by atoms with Crippen LogP contribution in [0.25, 0.3) is 0 Å². The number of nitrogens with zero attached hydrogens (tertiary/aromatic N) is 1. The first kappa shape index (κ1) is 14.3. The molecule has 1 fully saturated rings. The summed E-state index contributed by atoms with van der Waals surface area (Å²) in [4.78, 5) is 2.58. The van der Waals surface area contributed by atoms with Crippen LogP contribution in [0.5, 0.6) is 0 Å². The van der Waals surface area contributed by atoms with Gasteiger partial charge in [-0.05, 0) is 43.0 Å². The third-order valence-electron chi connectivity index (χ3n) is 4.79. The molecule has 0 radical (unpaired) electrons. The Hall–Kier alpha value is -1.60. The van der Waals surface area contributed by atoms with Gasteiger partial charge in [0.05, 0.1) is 0 Å². The maximum Gasteiger partial charge on any atom is 0.00924 e. The van der Waals surface area contributed by atoms with Crippen molar-refractivity contribution < 1.29 is 0 Å². The van der Waals surface area contributed by atoms with Crippen LogP contribution in [0.4, 0.5) is 0 Å². The van der Waals surface area contributed by atoms with Gasteiger partial charge in [0.1, 0.15) is 0 Å². The van der Waals surface area contributed by atoms with Gasteiger partial charge in [0.2, 0.25) is 0 Å². The summed E-state index contributed by atoms with van der Waals surface area (Å²) in [5.41, 5.74) is 2.91. The minimum absolute atomic E-state index is 0.536. The van der Waals surface area contributed by atoms with E-state index in [0.717, 1.165) is 5.92 Å². The Balaban J connectivity index is 1.80. The standard InChI is InChI=1S/C20H25N/c1-2-21-14-13-17(16-21)15-20(18-9-5-3-6-10-18)19-11-7-4-8-12-19/h3-12,17,20H,2,13-16H2,1H3. The van der Waals surface area contributed by atoms with E-state index < -0.39 is 0 Å². The first-order chi connectivity index (χ1) is 10.4. The van der Waals surface area contributed by atoms with E-state index in [4.69, 9.17) is 0 Å². The van der Waals surface area contributed by atoms with E-state index in [2.05, 4.69) is 72.5 Å². The molecule has 1 heteroatoms. The molecule has 0 saturated carbocycles. The molecule has 1 saturated heterocycles. The van der Waals surface area contributed by atoms with E-state index in [0.29, 0.717) is 5.92 Å². The molecule has 1 atom stereocenters. The fourth-order valence-corrected chi connectivity index (χ4v) is 3.56. The van der Waals surface area contributed by atoms with E-state index in [1.165, 1.54) is 43.6 Å². The normalized spacial score (nSPS) is 19.2. The Bertz CT molecular complexity index is 495. The van der Waals surface area contributed by atoms with Crippen LogP contribution in [0.2, 0.25) is 0 Å². The molecule has 0 aromatic heterocycles. The van der Waals surface area contributed by atoms with E-state index in [9.17, 15) is 0 Å². The predicted molar refractivity (Wildman–Crippen MR) is 89.6 cm³/mol. The average Bonchev–Trinajstić information content (AvgIpc) is 3.02. The molecule has 0 bridgehead atoms. The number of hydrogen-bond acceptors (Lipinski definition) is 1. The maximum atomic E-state index is 2.58. The summed E-state index contributed by atoms with van der Waals surface area (Å²) >= 11 is 0. The topological polar surface area (TPSA) is 3.24 Å². The lowest BCUT2D eigenvalue weighted by molar-refractivity contribution is 0.335. The van der Waals surface area contributed by atoms with Gasteiger partial charge in [-0.3, -0.25) is 0 Å². The van der Waals surface area contributed by atoms with Crippen LogP contribution in [0.15, 0.2) is 60.7 Å². The predicted octanol–water partition coefficient (Wildman–Crippen LogP) is 4.55. The molecule has 2 aromatic rings. The lowest BCUT2D eigenvalue weighted by atomic mass is 9.83. The van der Waals surface area contributed by atoms with Gasteiger partial charge in [-0.2, -0.15) is 0 Å². The highest BCUT2D eigenvalue weighted by molar-refractivity contribution is 5.32. The summed E-state index contributed by atoms with van der Waals surface area (Å²) in [7, 11) is 0. The van der Waals surface area contributed by atoms with Crippen molar-refractivity contribution in [3.05, 3.63) is 71.8 Å². The fraction of sp³-hybridized carbons (Fsp3) is 0.400. The third-order valence-corrected chi connectivity index (χ3v) is 4.79. The first-order valence-electron chi connectivity index (χ1n) is 8.19. The molecule has 1 unspecified atom stereocenters. The molecule has 0 N–H and O–H groups in total. The smallest absolute Gasteiger partial charge is 0.00924 e. The lowest BCUT2D eigenvalue weighted by Gasteiger charge is -2.22. The number of rotatable bonds is 5. The highest BCUT2D eigenvalue weighted by atomic mass is 15.1. The highest BCUT2D eigenvalue weighted by Gasteiger charge is 2.25. The van der Waals surface area contributed by atoms with Gasteiger partial charge in [0.25, 0.3) is 0 Å². The van der Waals surface area contributed by atoms with Gasteiger partial charge < -0.3 is 4.90 Å². The molecular formula is C20H25N. The summed E-state index contributed by atoms with van der Waals surface area (Å²) in [5.74, 6) is 1.37. The van der Waals surface area contributed by atoms with Crippen molar-refractivity contribution in [1.29, 1.82) is 0 Å². The summed E-state index contributed by atoms with van der Waals surface area (Å²) in [5, 5.41) is 0. The van der Waals surface area contributed by atoms with Gasteiger partial charge in [-0.1, -0.05) is 67.6 Å². The first-order valence-corrected chi connectivity index (χ1v) is 8.19. The zero-order valence-electron chi connectivity index (χ0n) is 12.9. The van der Waals surface area contributed by atoms with Gasteiger partial charge in [-0.25, -0.2) is 0 Å². The van der Waals surface area contributed by atoms with Crippen LogP contribution in [0.1, 0.15) is 36.8 Å². The Kier molecular flexibility index (Phi) is 4.72. The second-order valence-electron chi connectivity index (χ2n) is 6.16. The molecular weight excluding hydrogens is 254 g/mol. The second kappa shape index (κ2) is 6.91.